The highest BCUT2D eigenvalue weighted by molar-refractivity contribution is 5.54. The summed E-state index contributed by atoms with van der Waals surface area (Å²) in [6.07, 6.45) is 8.25. The number of nitrogens with zero attached hydrogens (tertiary/aromatic N) is 3. The number of aryl methyl sites for hydroxylation is 1. The molecule has 1 aliphatic heterocycles. The lowest BCUT2D eigenvalue weighted by atomic mass is 10.0. The van der Waals surface area contributed by atoms with Gasteiger partial charge in [0.05, 0.1) is 6.10 Å². The smallest absolute Gasteiger partial charge is 0.226 e. The Balaban J connectivity index is 1.33. The van der Waals surface area contributed by atoms with Gasteiger partial charge >= 0.3 is 0 Å². The maximum Gasteiger partial charge on any atom is 0.226 e. The fourth-order valence-electron chi connectivity index (χ4n) is 4.07. The molecule has 0 bridgehead atoms. The van der Waals surface area contributed by atoms with Crippen molar-refractivity contribution in [2.24, 2.45) is 5.92 Å². The third kappa shape index (κ3) is 4.28. The molecule has 5 heteroatoms. The van der Waals surface area contributed by atoms with Crippen LogP contribution in [0.5, 0.6) is 0 Å². The van der Waals surface area contributed by atoms with Crippen LogP contribution in [0.15, 0.2) is 28.8 Å². The van der Waals surface area contributed by atoms with Crippen molar-refractivity contribution >= 4 is 0 Å². The van der Waals surface area contributed by atoms with E-state index in [4.69, 9.17) is 4.52 Å². The van der Waals surface area contributed by atoms with E-state index in [1.165, 1.54) is 37.7 Å². The molecule has 1 aromatic carbocycles. The third-order valence-electron chi connectivity index (χ3n) is 5.58. The third-order valence-corrected chi connectivity index (χ3v) is 5.58. The van der Waals surface area contributed by atoms with E-state index < -0.39 is 0 Å². The molecule has 2 aliphatic rings. The molecule has 1 aromatic heterocycles. The van der Waals surface area contributed by atoms with Gasteiger partial charge in [-0.3, -0.25) is 4.90 Å². The Morgan fingerprint density at radius 1 is 1.12 bits per heavy atom. The summed E-state index contributed by atoms with van der Waals surface area (Å²) < 4.78 is 5.43. The van der Waals surface area contributed by atoms with Crippen molar-refractivity contribution in [1.29, 1.82) is 0 Å². The summed E-state index contributed by atoms with van der Waals surface area (Å²) in [6.45, 7) is 2.63. The molecule has 134 valence electrons. The lowest BCUT2D eigenvalue weighted by Gasteiger charge is -2.14. The topological polar surface area (TPSA) is 62.4 Å². The second-order valence-corrected chi connectivity index (χ2v) is 7.58. The minimum atomic E-state index is -0.166. The maximum atomic E-state index is 9.62. The molecule has 4 rings (SSSR count). The van der Waals surface area contributed by atoms with Gasteiger partial charge < -0.3 is 9.63 Å². The molecule has 1 saturated carbocycles. The van der Waals surface area contributed by atoms with Crippen molar-refractivity contribution in [2.75, 3.05) is 13.1 Å². The number of aliphatic hydroxyl groups excluding tert-OH is 1. The van der Waals surface area contributed by atoms with Crippen molar-refractivity contribution in [2.45, 2.75) is 57.6 Å². The standard InChI is InChI=1S/C20H27N3O2/c24-18-11-12-23(14-18)13-16-5-8-17(9-6-16)20-21-19(25-22-20)10-7-15-3-1-2-4-15/h5-6,8-9,15,18,24H,1-4,7,10-14H2/t18-/m0/s1. The van der Waals surface area contributed by atoms with Gasteiger partial charge in [0.15, 0.2) is 0 Å². The predicted octanol–water partition coefficient (Wildman–Crippen LogP) is 3.43. The second kappa shape index (κ2) is 7.67. The maximum absolute atomic E-state index is 9.62. The number of hydrogen-bond acceptors (Lipinski definition) is 5. The molecular formula is C20H27N3O2. The second-order valence-electron chi connectivity index (χ2n) is 7.58. The minimum Gasteiger partial charge on any atom is -0.392 e. The zero-order chi connectivity index (χ0) is 17.1. The molecule has 2 fully saturated rings. The summed E-state index contributed by atoms with van der Waals surface area (Å²) >= 11 is 0. The van der Waals surface area contributed by atoms with Gasteiger partial charge in [-0.25, -0.2) is 0 Å². The minimum absolute atomic E-state index is 0.166. The number of benzene rings is 1. The Morgan fingerprint density at radius 3 is 2.64 bits per heavy atom. The Bertz CT molecular complexity index is 677. The van der Waals surface area contributed by atoms with Crippen LogP contribution in [0, 0.1) is 5.92 Å². The summed E-state index contributed by atoms with van der Waals surface area (Å²) in [5.74, 6) is 2.29. The number of aliphatic hydroxyl groups is 1. The first-order valence-corrected chi connectivity index (χ1v) is 9.58. The van der Waals surface area contributed by atoms with Gasteiger partial charge in [0, 0.05) is 31.6 Å². The van der Waals surface area contributed by atoms with Crippen molar-refractivity contribution in [3.8, 4) is 11.4 Å². The molecular weight excluding hydrogens is 314 g/mol. The van der Waals surface area contributed by atoms with Gasteiger partial charge in [-0.05, 0) is 24.3 Å². The molecule has 25 heavy (non-hydrogen) atoms. The lowest BCUT2D eigenvalue weighted by molar-refractivity contribution is 0.175. The van der Waals surface area contributed by atoms with Gasteiger partial charge in [-0.15, -0.1) is 0 Å². The monoisotopic (exact) mass is 341 g/mol. The molecule has 1 aliphatic carbocycles. The van der Waals surface area contributed by atoms with E-state index in [0.29, 0.717) is 5.82 Å². The SMILES string of the molecule is O[C@H]1CCN(Cc2ccc(-c3noc(CCC4CCCC4)n3)cc2)C1. The van der Waals surface area contributed by atoms with Crippen LogP contribution in [0.3, 0.4) is 0 Å². The lowest BCUT2D eigenvalue weighted by Crippen LogP contribution is -2.21. The number of likely N-dealkylation sites (tertiary alicyclic amines) is 1. The predicted molar refractivity (Wildman–Crippen MR) is 95.9 cm³/mol. The molecule has 2 heterocycles. The highest BCUT2D eigenvalue weighted by Gasteiger charge is 2.20. The van der Waals surface area contributed by atoms with E-state index in [1.54, 1.807) is 0 Å². The van der Waals surface area contributed by atoms with E-state index in [-0.39, 0.29) is 6.10 Å². The molecule has 1 saturated heterocycles. The average molecular weight is 341 g/mol. The van der Waals surface area contributed by atoms with Crippen LogP contribution in [-0.2, 0) is 13.0 Å². The molecule has 1 N–H and O–H groups in total. The highest BCUT2D eigenvalue weighted by Crippen LogP contribution is 2.28. The molecule has 0 unspecified atom stereocenters. The Hall–Kier alpha value is -1.72. The zero-order valence-electron chi connectivity index (χ0n) is 14.7. The zero-order valence-corrected chi connectivity index (χ0v) is 14.7. The number of rotatable bonds is 6. The van der Waals surface area contributed by atoms with Crippen molar-refractivity contribution < 1.29 is 9.63 Å². The van der Waals surface area contributed by atoms with Crippen LogP contribution in [0.1, 0.15) is 50.0 Å². The average Bonchev–Trinajstić information content (AvgIpc) is 3.36. The van der Waals surface area contributed by atoms with Crippen LogP contribution in [-0.4, -0.2) is 39.3 Å². The fraction of sp³-hybridized carbons (Fsp3) is 0.600. The van der Waals surface area contributed by atoms with Crippen LogP contribution in [0.4, 0.5) is 0 Å². The molecule has 0 spiro atoms. The summed E-state index contributed by atoms with van der Waals surface area (Å²) in [5, 5.41) is 13.8. The Labute approximate surface area is 149 Å². The van der Waals surface area contributed by atoms with Crippen LogP contribution >= 0.6 is 0 Å². The quantitative estimate of drug-likeness (QED) is 0.872. The first-order chi connectivity index (χ1) is 12.3. The van der Waals surface area contributed by atoms with Crippen LogP contribution in [0.2, 0.25) is 0 Å². The van der Waals surface area contributed by atoms with E-state index in [0.717, 1.165) is 49.8 Å². The van der Waals surface area contributed by atoms with Gasteiger partial charge in [-0.2, -0.15) is 4.98 Å². The van der Waals surface area contributed by atoms with E-state index in [1.807, 2.05) is 0 Å². The first kappa shape index (κ1) is 16.7. The summed E-state index contributed by atoms with van der Waals surface area (Å²) in [5.41, 5.74) is 2.25. The van der Waals surface area contributed by atoms with Crippen LogP contribution < -0.4 is 0 Å². The normalized spacial score (nSPS) is 22.0. The molecule has 1 atom stereocenters. The number of aromatic nitrogens is 2. The van der Waals surface area contributed by atoms with Crippen molar-refractivity contribution in [3.05, 3.63) is 35.7 Å². The highest BCUT2D eigenvalue weighted by atomic mass is 16.5. The molecule has 2 aromatic rings. The van der Waals surface area contributed by atoms with Gasteiger partial charge in [-0.1, -0.05) is 55.1 Å². The van der Waals surface area contributed by atoms with Gasteiger partial charge in [0.1, 0.15) is 0 Å². The van der Waals surface area contributed by atoms with E-state index >= 15 is 0 Å². The number of β-amino-alcohol motifs (C(OH)–C–C–N with tert-alkyl or cyclic N) is 1. The molecule has 0 amide bonds. The Kier molecular flexibility index (Phi) is 5.13. The molecule has 5 nitrogen and oxygen atoms in total. The fourth-order valence-corrected chi connectivity index (χ4v) is 4.07. The van der Waals surface area contributed by atoms with Gasteiger partial charge in [0.2, 0.25) is 11.7 Å². The van der Waals surface area contributed by atoms with Gasteiger partial charge in [0.25, 0.3) is 0 Å². The van der Waals surface area contributed by atoms with Crippen molar-refractivity contribution in [3.63, 3.8) is 0 Å². The number of hydrogen-bond donors (Lipinski definition) is 1. The van der Waals surface area contributed by atoms with Crippen LogP contribution in [0.25, 0.3) is 11.4 Å². The Morgan fingerprint density at radius 2 is 1.92 bits per heavy atom. The largest absolute Gasteiger partial charge is 0.392 e. The van der Waals surface area contributed by atoms with E-state index in [2.05, 4.69) is 39.3 Å². The summed E-state index contributed by atoms with van der Waals surface area (Å²) in [7, 11) is 0. The summed E-state index contributed by atoms with van der Waals surface area (Å²) in [6, 6.07) is 8.37. The summed E-state index contributed by atoms with van der Waals surface area (Å²) in [4.78, 5) is 6.85. The first-order valence-electron chi connectivity index (χ1n) is 9.58. The van der Waals surface area contributed by atoms with E-state index in [9.17, 15) is 5.11 Å². The van der Waals surface area contributed by atoms with Crippen molar-refractivity contribution in [1.82, 2.24) is 15.0 Å². The molecule has 0 radical (unpaired) electrons.